The highest BCUT2D eigenvalue weighted by molar-refractivity contribution is 5.23. The van der Waals surface area contributed by atoms with Crippen LogP contribution in [0.5, 0.6) is 0 Å². The van der Waals surface area contributed by atoms with Gasteiger partial charge in [-0.2, -0.15) is 0 Å². The maximum Gasteiger partial charge on any atom is 0.123 e. The zero-order valence-electron chi connectivity index (χ0n) is 20.3. The van der Waals surface area contributed by atoms with Crippen molar-refractivity contribution in [3.8, 4) is 0 Å². The van der Waals surface area contributed by atoms with Crippen molar-refractivity contribution >= 4 is 0 Å². The fourth-order valence-electron chi connectivity index (χ4n) is 6.22. The fraction of sp³-hybridized carbons (Fsp3) is 0.733. The first-order chi connectivity index (χ1) is 15.2. The van der Waals surface area contributed by atoms with E-state index in [9.17, 15) is 4.39 Å². The van der Waals surface area contributed by atoms with Crippen LogP contribution in [-0.4, -0.2) is 0 Å². The van der Waals surface area contributed by atoms with E-state index in [4.69, 9.17) is 0 Å². The number of benzene rings is 1. The molecule has 2 aliphatic carbocycles. The van der Waals surface area contributed by atoms with E-state index in [-0.39, 0.29) is 5.82 Å². The van der Waals surface area contributed by atoms with Crippen molar-refractivity contribution in [3.05, 3.63) is 47.3 Å². The molecule has 1 fully saturated rings. The van der Waals surface area contributed by atoms with E-state index in [1.807, 2.05) is 0 Å². The number of allylic oxidation sites excluding steroid dienone is 2. The molecule has 1 atom stereocenters. The SMILES string of the molecule is CCCCCCCCC1(CCC(CC2=CCCCC2)c2ccc(F)cc2)CCCCC1. The molecule has 1 heteroatoms. The first-order valence-corrected chi connectivity index (χ1v) is 13.6. The van der Waals surface area contributed by atoms with Crippen molar-refractivity contribution in [2.75, 3.05) is 0 Å². The van der Waals surface area contributed by atoms with Crippen LogP contribution in [0, 0.1) is 11.2 Å². The third kappa shape index (κ3) is 8.39. The van der Waals surface area contributed by atoms with Gasteiger partial charge in [-0.25, -0.2) is 4.39 Å². The van der Waals surface area contributed by atoms with Gasteiger partial charge < -0.3 is 0 Å². The maximum atomic E-state index is 13.6. The van der Waals surface area contributed by atoms with E-state index < -0.39 is 0 Å². The van der Waals surface area contributed by atoms with Crippen LogP contribution in [0.4, 0.5) is 4.39 Å². The summed E-state index contributed by atoms with van der Waals surface area (Å²) in [6, 6.07) is 7.46. The third-order valence-electron chi connectivity index (χ3n) is 8.23. The minimum atomic E-state index is -0.105. The molecule has 0 heterocycles. The Balaban J connectivity index is 1.61. The first-order valence-electron chi connectivity index (χ1n) is 13.6. The lowest BCUT2D eigenvalue weighted by atomic mass is 9.66. The van der Waals surface area contributed by atoms with Gasteiger partial charge in [-0.15, -0.1) is 0 Å². The van der Waals surface area contributed by atoms with Gasteiger partial charge in [-0.05, 0) is 93.2 Å². The Morgan fingerprint density at radius 3 is 2.29 bits per heavy atom. The molecule has 2 aliphatic rings. The van der Waals surface area contributed by atoms with Crippen molar-refractivity contribution < 1.29 is 4.39 Å². The monoisotopic (exact) mass is 426 g/mol. The van der Waals surface area contributed by atoms with Gasteiger partial charge in [-0.3, -0.25) is 0 Å². The summed E-state index contributed by atoms with van der Waals surface area (Å²) in [5.41, 5.74) is 3.61. The van der Waals surface area contributed by atoms with Crippen molar-refractivity contribution in [1.29, 1.82) is 0 Å². The highest BCUT2D eigenvalue weighted by atomic mass is 19.1. The Bertz CT molecular complexity index is 635. The summed E-state index contributed by atoms with van der Waals surface area (Å²) in [5, 5.41) is 0. The number of hydrogen-bond acceptors (Lipinski definition) is 0. The number of rotatable bonds is 13. The Morgan fingerprint density at radius 2 is 1.58 bits per heavy atom. The van der Waals surface area contributed by atoms with Gasteiger partial charge in [0.1, 0.15) is 5.82 Å². The van der Waals surface area contributed by atoms with Crippen LogP contribution >= 0.6 is 0 Å². The van der Waals surface area contributed by atoms with Gasteiger partial charge in [0.25, 0.3) is 0 Å². The van der Waals surface area contributed by atoms with Crippen molar-refractivity contribution in [3.63, 3.8) is 0 Å². The number of halogens is 1. The molecule has 0 nitrogen and oxygen atoms in total. The zero-order chi connectivity index (χ0) is 21.8. The number of unbranched alkanes of at least 4 members (excludes halogenated alkanes) is 5. The van der Waals surface area contributed by atoms with Gasteiger partial charge in [0, 0.05) is 0 Å². The number of hydrogen-bond donors (Lipinski definition) is 0. The second kappa shape index (κ2) is 13.4. The summed E-state index contributed by atoms with van der Waals surface area (Å²) in [7, 11) is 0. The normalized spacial score (nSPS) is 19.7. The average Bonchev–Trinajstić information content (AvgIpc) is 2.81. The topological polar surface area (TPSA) is 0 Å². The van der Waals surface area contributed by atoms with Crippen LogP contribution in [-0.2, 0) is 0 Å². The Kier molecular flexibility index (Phi) is 10.6. The van der Waals surface area contributed by atoms with Gasteiger partial charge >= 0.3 is 0 Å². The second-order valence-corrected chi connectivity index (χ2v) is 10.7. The van der Waals surface area contributed by atoms with E-state index in [0.29, 0.717) is 11.3 Å². The Labute approximate surface area is 192 Å². The molecule has 1 unspecified atom stereocenters. The van der Waals surface area contributed by atoms with E-state index in [0.717, 1.165) is 0 Å². The van der Waals surface area contributed by atoms with Crippen molar-refractivity contribution in [2.45, 2.75) is 135 Å². The van der Waals surface area contributed by atoms with Crippen LogP contribution < -0.4 is 0 Å². The van der Waals surface area contributed by atoms with Crippen molar-refractivity contribution in [1.82, 2.24) is 0 Å². The molecule has 31 heavy (non-hydrogen) atoms. The van der Waals surface area contributed by atoms with Gasteiger partial charge in [0.05, 0.1) is 0 Å². The van der Waals surface area contributed by atoms with Crippen LogP contribution in [0.15, 0.2) is 35.9 Å². The molecule has 0 N–H and O–H groups in total. The van der Waals surface area contributed by atoms with Crippen LogP contribution in [0.25, 0.3) is 0 Å². The standard InChI is InChI=1S/C30H47F/c1-2-3-4-5-6-11-21-30(22-12-8-13-23-30)24-20-28(25-26-14-9-7-10-15-26)27-16-18-29(31)19-17-27/h14,16-19,28H,2-13,15,20-25H2,1H3. The molecule has 0 aliphatic heterocycles. The van der Waals surface area contributed by atoms with Crippen molar-refractivity contribution in [2.24, 2.45) is 5.41 Å². The highest BCUT2D eigenvalue weighted by Crippen LogP contribution is 2.46. The molecule has 174 valence electrons. The predicted octanol–water partition coefficient (Wildman–Crippen LogP) is 10.3. The largest absolute Gasteiger partial charge is 0.207 e. The molecule has 0 spiro atoms. The molecule has 0 bridgehead atoms. The van der Waals surface area contributed by atoms with E-state index >= 15 is 0 Å². The lowest BCUT2D eigenvalue weighted by Crippen LogP contribution is -2.25. The molecule has 3 rings (SSSR count). The van der Waals surface area contributed by atoms with Gasteiger partial charge in [0.15, 0.2) is 0 Å². The lowest BCUT2D eigenvalue weighted by molar-refractivity contribution is 0.144. The van der Waals surface area contributed by atoms with E-state index in [1.165, 1.54) is 128 Å². The quantitative estimate of drug-likeness (QED) is 0.217. The molecule has 0 aromatic heterocycles. The highest BCUT2D eigenvalue weighted by Gasteiger charge is 2.32. The summed E-state index contributed by atoms with van der Waals surface area (Å²) in [5.74, 6) is 0.458. The molecule has 1 aromatic rings. The fourth-order valence-corrected chi connectivity index (χ4v) is 6.22. The van der Waals surface area contributed by atoms with Crippen LogP contribution in [0.3, 0.4) is 0 Å². The Morgan fingerprint density at radius 1 is 0.839 bits per heavy atom. The average molecular weight is 427 g/mol. The molecule has 1 aromatic carbocycles. The maximum absolute atomic E-state index is 13.6. The predicted molar refractivity (Wildman–Crippen MR) is 133 cm³/mol. The van der Waals surface area contributed by atoms with Gasteiger partial charge in [0.2, 0.25) is 0 Å². The van der Waals surface area contributed by atoms with E-state index in [1.54, 1.807) is 17.7 Å². The summed E-state index contributed by atoms with van der Waals surface area (Å²) < 4.78 is 13.6. The lowest BCUT2D eigenvalue weighted by Gasteiger charge is -2.39. The molecule has 0 amide bonds. The van der Waals surface area contributed by atoms with Crippen LogP contribution in [0.2, 0.25) is 0 Å². The summed E-state index contributed by atoms with van der Waals surface area (Å²) in [6.07, 6.45) is 28.7. The molecule has 0 saturated heterocycles. The third-order valence-corrected chi connectivity index (χ3v) is 8.23. The smallest absolute Gasteiger partial charge is 0.123 e. The summed E-state index contributed by atoms with van der Waals surface area (Å²) in [4.78, 5) is 0. The molecular formula is C30H47F. The molecule has 1 saturated carbocycles. The minimum absolute atomic E-state index is 0.105. The van der Waals surface area contributed by atoms with E-state index in [2.05, 4.69) is 25.1 Å². The zero-order valence-corrected chi connectivity index (χ0v) is 20.3. The summed E-state index contributed by atoms with van der Waals surface area (Å²) in [6.45, 7) is 2.30. The Hall–Kier alpha value is -1.11. The minimum Gasteiger partial charge on any atom is -0.207 e. The molecular weight excluding hydrogens is 379 g/mol. The van der Waals surface area contributed by atoms with Gasteiger partial charge in [-0.1, -0.05) is 88.5 Å². The van der Waals surface area contributed by atoms with Crippen LogP contribution in [0.1, 0.15) is 140 Å². The molecule has 0 radical (unpaired) electrons. The second-order valence-electron chi connectivity index (χ2n) is 10.7. The first kappa shape index (κ1) is 24.5. The summed E-state index contributed by atoms with van der Waals surface area (Å²) >= 11 is 0.